The molecule has 0 atom stereocenters. The minimum Gasteiger partial charge on any atom is -0.379 e. The fourth-order valence-electron chi connectivity index (χ4n) is 3.38. The van der Waals surface area contributed by atoms with Gasteiger partial charge in [-0.25, -0.2) is 4.98 Å². The standard InChI is InChI=1S/C23H25N3O2S/c1-17-3-2-4-19(13-17)23-25-21(16-29-23)14-22(27)24-20-7-5-18(6-8-20)15-26-9-11-28-12-10-26/h2-8,13,16H,9-12,14-15H2,1H3,(H,24,27). The molecule has 5 nitrogen and oxygen atoms in total. The van der Waals surface area contributed by atoms with E-state index in [-0.39, 0.29) is 12.3 Å². The van der Waals surface area contributed by atoms with Crippen molar-refractivity contribution in [2.45, 2.75) is 19.9 Å². The lowest BCUT2D eigenvalue weighted by Gasteiger charge is -2.26. The van der Waals surface area contributed by atoms with Gasteiger partial charge in [-0.1, -0.05) is 35.9 Å². The van der Waals surface area contributed by atoms with Crippen LogP contribution in [0.15, 0.2) is 53.9 Å². The highest BCUT2D eigenvalue weighted by atomic mass is 32.1. The Kier molecular flexibility index (Phi) is 6.34. The number of nitrogens with one attached hydrogen (secondary N) is 1. The van der Waals surface area contributed by atoms with Crippen molar-refractivity contribution in [2.75, 3.05) is 31.6 Å². The number of hydrogen-bond donors (Lipinski definition) is 1. The summed E-state index contributed by atoms with van der Waals surface area (Å²) in [4.78, 5) is 19.4. The zero-order valence-electron chi connectivity index (χ0n) is 16.6. The largest absolute Gasteiger partial charge is 0.379 e. The van der Waals surface area contributed by atoms with E-state index in [1.54, 1.807) is 11.3 Å². The van der Waals surface area contributed by atoms with Gasteiger partial charge in [-0.15, -0.1) is 11.3 Å². The highest BCUT2D eigenvalue weighted by Gasteiger charge is 2.12. The van der Waals surface area contributed by atoms with Gasteiger partial charge in [-0.2, -0.15) is 0 Å². The van der Waals surface area contributed by atoms with Gasteiger partial charge in [0.15, 0.2) is 0 Å². The van der Waals surface area contributed by atoms with Gasteiger partial charge >= 0.3 is 0 Å². The number of rotatable bonds is 6. The fourth-order valence-corrected chi connectivity index (χ4v) is 4.20. The molecule has 6 heteroatoms. The van der Waals surface area contributed by atoms with Crippen LogP contribution in [0.5, 0.6) is 0 Å². The molecule has 2 heterocycles. The van der Waals surface area contributed by atoms with E-state index in [2.05, 4.69) is 46.4 Å². The topological polar surface area (TPSA) is 54.5 Å². The zero-order chi connectivity index (χ0) is 20.1. The van der Waals surface area contributed by atoms with Crippen LogP contribution in [-0.2, 0) is 22.5 Å². The summed E-state index contributed by atoms with van der Waals surface area (Å²) in [6, 6.07) is 16.3. The third-order valence-corrected chi connectivity index (χ3v) is 5.85. The number of nitrogens with zero attached hydrogens (tertiary/aromatic N) is 2. The monoisotopic (exact) mass is 407 g/mol. The van der Waals surface area contributed by atoms with Gasteiger partial charge in [0.05, 0.1) is 25.3 Å². The number of anilines is 1. The normalized spacial score (nSPS) is 14.7. The number of amides is 1. The van der Waals surface area contributed by atoms with Crippen LogP contribution in [0, 0.1) is 6.92 Å². The van der Waals surface area contributed by atoms with Crippen LogP contribution in [-0.4, -0.2) is 42.1 Å². The quantitative estimate of drug-likeness (QED) is 0.668. The summed E-state index contributed by atoms with van der Waals surface area (Å²) in [7, 11) is 0. The van der Waals surface area contributed by atoms with Crippen LogP contribution >= 0.6 is 11.3 Å². The maximum absolute atomic E-state index is 12.4. The van der Waals surface area contributed by atoms with E-state index >= 15 is 0 Å². The van der Waals surface area contributed by atoms with Gasteiger partial charge in [0.25, 0.3) is 0 Å². The molecule has 1 amide bonds. The summed E-state index contributed by atoms with van der Waals surface area (Å²) in [5, 5.41) is 5.88. The number of hydrogen-bond acceptors (Lipinski definition) is 5. The molecular weight excluding hydrogens is 382 g/mol. The van der Waals surface area contributed by atoms with Crippen LogP contribution in [0.2, 0.25) is 0 Å². The van der Waals surface area contributed by atoms with E-state index in [9.17, 15) is 4.79 Å². The fraction of sp³-hybridized carbons (Fsp3) is 0.304. The Bertz CT molecular complexity index is 962. The van der Waals surface area contributed by atoms with Crippen molar-refractivity contribution in [3.63, 3.8) is 0 Å². The molecule has 1 aromatic heterocycles. The second-order valence-corrected chi connectivity index (χ2v) is 8.18. The number of ether oxygens (including phenoxy) is 1. The second-order valence-electron chi connectivity index (χ2n) is 7.32. The predicted octanol–water partition coefficient (Wildman–Crippen LogP) is 4.13. The molecule has 1 fully saturated rings. The Morgan fingerprint density at radius 2 is 1.97 bits per heavy atom. The van der Waals surface area contributed by atoms with Crippen LogP contribution in [0.25, 0.3) is 10.6 Å². The molecule has 2 aromatic carbocycles. The van der Waals surface area contributed by atoms with E-state index in [4.69, 9.17) is 4.74 Å². The highest BCUT2D eigenvalue weighted by Crippen LogP contribution is 2.24. The Labute approximate surface area is 175 Å². The first-order valence-electron chi connectivity index (χ1n) is 9.86. The van der Waals surface area contributed by atoms with Gasteiger partial charge in [-0.3, -0.25) is 9.69 Å². The van der Waals surface area contributed by atoms with Crippen molar-refractivity contribution in [1.82, 2.24) is 9.88 Å². The summed E-state index contributed by atoms with van der Waals surface area (Å²) in [6.07, 6.45) is 0.276. The molecule has 4 rings (SSSR count). The first-order valence-corrected chi connectivity index (χ1v) is 10.7. The molecule has 1 aliphatic rings. The number of aryl methyl sites for hydroxylation is 1. The van der Waals surface area contributed by atoms with Crippen molar-refractivity contribution in [3.8, 4) is 10.6 Å². The number of carbonyl (C=O) groups excluding carboxylic acids is 1. The van der Waals surface area contributed by atoms with E-state index < -0.39 is 0 Å². The van der Waals surface area contributed by atoms with Crippen molar-refractivity contribution in [3.05, 3.63) is 70.7 Å². The number of thiazole rings is 1. The lowest BCUT2D eigenvalue weighted by Crippen LogP contribution is -2.35. The van der Waals surface area contributed by atoms with Gasteiger partial charge in [-0.05, 0) is 30.7 Å². The van der Waals surface area contributed by atoms with Crippen LogP contribution in [0.1, 0.15) is 16.8 Å². The Morgan fingerprint density at radius 3 is 2.72 bits per heavy atom. The van der Waals surface area contributed by atoms with Crippen LogP contribution < -0.4 is 5.32 Å². The molecule has 0 bridgehead atoms. The molecule has 1 saturated heterocycles. The molecule has 1 aliphatic heterocycles. The maximum atomic E-state index is 12.4. The third-order valence-electron chi connectivity index (χ3n) is 4.91. The average molecular weight is 408 g/mol. The van der Waals surface area contributed by atoms with Crippen molar-refractivity contribution < 1.29 is 9.53 Å². The molecule has 1 N–H and O–H groups in total. The van der Waals surface area contributed by atoms with Gasteiger partial charge in [0.1, 0.15) is 5.01 Å². The lowest BCUT2D eigenvalue weighted by molar-refractivity contribution is -0.115. The average Bonchev–Trinajstić information content (AvgIpc) is 3.19. The minimum atomic E-state index is -0.0491. The van der Waals surface area contributed by atoms with Gasteiger partial charge < -0.3 is 10.1 Å². The number of morpholine rings is 1. The smallest absolute Gasteiger partial charge is 0.230 e. The number of benzene rings is 2. The van der Waals surface area contributed by atoms with Crippen molar-refractivity contribution >= 4 is 22.9 Å². The molecular formula is C23H25N3O2S. The molecule has 3 aromatic rings. The Balaban J connectivity index is 1.31. The molecule has 0 unspecified atom stereocenters. The van der Waals surface area contributed by atoms with Crippen LogP contribution in [0.3, 0.4) is 0 Å². The first-order chi connectivity index (χ1) is 14.2. The number of aromatic nitrogens is 1. The minimum absolute atomic E-state index is 0.0491. The summed E-state index contributed by atoms with van der Waals surface area (Å²) in [6.45, 7) is 6.52. The van der Waals surface area contributed by atoms with E-state index in [1.807, 2.05) is 29.6 Å². The summed E-state index contributed by atoms with van der Waals surface area (Å²) < 4.78 is 5.39. The molecule has 0 radical (unpaired) electrons. The third kappa shape index (κ3) is 5.50. The van der Waals surface area contributed by atoms with E-state index in [1.165, 1.54) is 11.1 Å². The SMILES string of the molecule is Cc1cccc(-c2nc(CC(=O)Nc3ccc(CN4CCOCC4)cc3)cs2)c1. The van der Waals surface area contributed by atoms with Gasteiger partial charge in [0.2, 0.25) is 5.91 Å². The second kappa shape index (κ2) is 9.31. The van der Waals surface area contributed by atoms with E-state index in [0.29, 0.717) is 0 Å². The van der Waals surface area contributed by atoms with Crippen LogP contribution in [0.4, 0.5) is 5.69 Å². The predicted molar refractivity (Wildman–Crippen MR) is 117 cm³/mol. The molecule has 0 spiro atoms. The molecule has 150 valence electrons. The number of carbonyl (C=O) groups is 1. The summed E-state index contributed by atoms with van der Waals surface area (Å²) >= 11 is 1.57. The zero-order valence-corrected chi connectivity index (χ0v) is 17.4. The van der Waals surface area contributed by atoms with Crippen molar-refractivity contribution in [1.29, 1.82) is 0 Å². The maximum Gasteiger partial charge on any atom is 0.230 e. The van der Waals surface area contributed by atoms with Crippen molar-refractivity contribution in [2.24, 2.45) is 0 Å². The molecule has 0 saturated carbocycles. The Hall–Kier alpha value is -2.54. The summed E-state index contributed by atoms with van der Waals surface area (Å²) in [5.41, 5.74) is 5.15. The molecule has 0 aliphatic carbocycles. The first kappa shape index (κ1) is 19.8. The lowest BCUT2D eigenvalue weighted by atomic mass is 10.1. The highest BCUT2D eigenvalue weighted by molar-refractivity contribution is 7.13. The summed E-state index contributed by atoms with van der Waals surface area (Å²) in [5.74, 6) is -0.0491. The molecule has 29 heavy (non-hydrogen) atoms. The van der Waals surface area contributed by atoms with Gasteiger partial charge in [0, 0.05) is 36.3 Å². The Morgan fingerprint density at radius 1 is 1.17 bits per heavy atom. The van der Waals surface area contributed by atoms with E-state index in [0.717, 1.165) is 54.8 Å².